The van der Waals surface area contributed by atoms with Crippen LogP contribution in [-0.4, -0.2) is 52.8 Å². The number of rotatable bonds is 10. The van der Waals surface area contributed by atoms with E-state index in [1.54, 1.807) is 55.5 Å². The Morgan fingerprint density at radius 3 is 2.39 bits per heavy atom. The molecule has 2 unspecified atom stereocenters. The molecule has 0 radical (unpaired) electrons. The molecule has 2 N–H and O–H groups in total. The number of halogens is 2. The van der Waals surface area contributed by atoms with Crippen molar-refractivity contribution in [3.63, 3.8) is 0 Å². The number of aromatic hydroxyl groups is 1. The van der Waals surface area contributed by atoms with Crippen LogP contribution in [0.1, 0.15) is 37.9 Å². The molecule has 2 atom stereocenters. The minimum Gasteiger partial charge on any atom is -0.479 e. The van der Waals surface area contributed by atoms with Crippen molar-refractivity contribution in [3.05, 3.63) is 69.8 Å². The summed E-state index contributed by atoms with van der Waals surface area (Å²) in [5, 5.41) is 14.7. The van der Waals surface area contributed by atoms with Gasteiger partial charge in [0.05, 0.1) is 5.71 Å². The Morgan fingerprint density at radius 1 is 1.08 bits per heavy atom. The van der Waals surface area contributed by atoms with E-state index in [0.29, 0.717) is 57.5 Å². The van der Waals surface area contributed by atoms with Crippen LogP contribution in [0.3, 0.4) is 0 Å². The van der Waals surface area contributed by atoms with Crippen molar-refractivity contribution in [2.45, 2.75) is 38.8 Å². The number of aliphatic imine (C=N–C) groups is 2. The number of esters is 1. The van der Waals surface area contributed by atoms with Gasteiger partial charge in [0.1, 0.15) is 0 Å². The number of cyclic esters (lactones) is 1. The average molecular weight is 529 g/mol. The van der Waals surface area contributed by atoms with E-state index in [-0.39, 0.29) is 18.0 Å². The minimum absolute atomic E-state index is 0.175. The van der Waals surface area contributed by atoms with Crippen molar-refractivity contribution < 1.29 is 19.1 Å². The highest BCUT2D eigenvalue weighted by atomic mass is 35.5. The summed E-state index contributed by atoms with van der Waals surface area (Å²) < 4.78 is 10.7. The number of unbranched alkanes of at least 4 members (excludes halogenated alkanes) is 1. The smallest absolute Gasteiger partial charge is 0.339 e. The molecular weight excluding hydrogens is 503 g/mol. The number of nitrogens with one attached hydrogen (secondary N) is 1. The summed E-state index contributed by atoms with van der Waals surface area (Å²) in [6.07, 6.45) is 1.66. The van der Waals surface area contributed by atoms with Gasteiger partial charge in [-0.3, -0.25) is 4.99 Å². The van der Waals surface area contributed by atoms with E-state index in [2.05, 4.69) is 20.3 Å². The van der Waals surface area contributed by atoms with Crippen LogP contribution in [0.4, 0.5) is 0 Å². The number of ether oxygens (including phenoxy) is 1. The number of carbonyl (C=O) groups is 1. The molecule has 8 nitrogen and oxygen atoms in total. The molecule has 36 heavy (non-hydrogen) atoms. The number of benzene rings is 2. The van der Waals surface area contributed by atoms with Crippen LogP contribution < -0.4 is 5.32 Å². The van der Waals surface area contributed by atoms with E-state index in [1.165, 1.54) is 0 Å². The van der Waals surface area contributed by atoms with Crippen LogP contribution in [0.5, 0.6) is 5.95 Å². The summed E-state index contributed by atoms with van der Waals surface area (Å²) in [6.45, 7) is 4.95. The van der Waals surface area contributed by atoms with E-state index < -0.39 is 6.04 Å². The molecular formula is C26H26Cl2N4O4. The summed E-state index contributed by atoms with van der Waals surface area (Å²) in [7, 11) is 0. The number of aromatic nitrogens is 1. The zero-order valence-electron chi connectivity index (χ0n) is 19.9. The van der Waals surface area contributed by atoms with E-state index in [9.17, 15) is 9.90 Å². The summed E-state index contributed by atoms with van der Waals surface area (Å²) >= 11 is 11.8. The lowest BCUT2D eigenvalue weighted by atomic mass is 10.1. The fourth-order valence-electron chi connectivity index (χ4n) is 3.67. The van der Waals surface area contributed by atoms with Crippen LogP contribution in [0, 0.1) is 0 Å². The molecule has 1 aliphatic heterocycles. The van der Waals surface area contributed by atoms with E-state index >= 15 is 0 Å². The predicted molar refractivity (Wildman–Crippen MR) is 140 cm³/mol. The Bertz CT molecular complexity index is 1270. The average Bonchev–Trinajstić information content (AvgIpc) is 3.44. The van der Waals surface area contributed by atoms with Gasteiger partial charge in [0.15, 0.2) is 11.7 Å². The van der Waals surface area contributed by atoms with Crippen LogP contribution in [-0.2, 0) is 9.53 Å². The Morgan fingerprint density at radius 2 is 1.72 bits per heavy atom. The van der Waals surface area contributed by atoms with Crippen LogP contribution >= 0.6 is 23.2 Å². The first-order valence-electron chi connectivity index (χ1n) is 11.6. The quantitative estimate of drug-likeness (QED) is 0.210. The van der Waals surface area contributed by atoms with Gasteiger partial charge in [0.2, 0.25) is 11.8 Å². The SMILES string of the molecule is CC(=NCCCCNC(C)C1N=C(c2ccc(Cl)cc2)OC1=O)c1nc(-c2ccc(Cl)cc2)oc1O. The van der Waals surface area contributed by atoms with Gasteiger partial charge in [0, 0.05) is 33.8 Å². The van der Waals surface area contributed by atoms with Crippen molar-refractivity contribution in [3.8, 4) is 17.4 Å². The monoisotopic (exact) mass is 528 g/mol. The fourth-order valence-corrected chi connectivity index (χ4v) is 3.92. The van der Waals surface area contributed by atoms with Crippen molar-refractivity contribution in [1.29, 1.82) is 0 Å². The normalized spacial score (nSPS) is 16.7. The number of nitrogens with zero attached hydrogens (tertiary/aromatic N) is 3. The molecule has 1 aliphatic rings. The summed E-state index contributed by atoms with van der Waals surface area (Å²) in [4.78, 5) is 25.6. The summed E-state index contributed by atoms with van der Waals surface area (Å²) in [5.41, 5.74) is 2.34. The van der Waals surface area contributed by atoms with Crippen LogP contribution in [0.2, 0.25) is 10.0 Å². The zero-order valence-corrected chi connectivity index (χ0v) is 21.4. The zero-order chi connectivity index (χ0) is 25.7. The molecule has 10 heteroatoms. The second-order valence-corrected chi connectivity index (χ2v) is 9.28. The third kappa shape index (κ3) is 6.32. The van der Waals surface area contributed by atoms with Gasteiger partial charge in [-0.15, -0.1) is 0 Å². The number of oxazole rings is 1. The topological polar surface area (TPSA) is 109 Å². The molecule has 4 rings (SSSR count). The first kappa shape index (κ1) is 25.9. The largest absolute Gasteiger partial charge is 0.479 e. The molecule has 2 heterocycles. The standard InChI is InChI=1S/C26H26Cl2N4O4/c1-15(21-25(33)35-23(31-21)17-5-9-19(27)10-6-17)29-13-3-4-14-30-16(2)22-26(34)36-24(32-22)18-7-11-20(28)12-8-18/h5-12,15,21,29,34H,3-4,13-14H2,1-2H3. The van der Waals surface area contributed by atoms with Crippen molar-refractivity contribution in [2.24, 2.45) is 9.98 Å². The second kappa shape index (κ2) is 11.7. The van der Waals surface area contributed by atoms with Crippen molar-refractivity contribution in [2.75, 3.05) is 13.1 Å². The molecule has 0 amide bonds. The lowest BCUT2D eigenvalue weighted by Crippen LogP contribution is -2.40. The van der Waals surface area contributed by atoms with Gasteiger partial charge in [0.25, 0.3) is 0 Å². The number of carbonyl (C=O) groups excluding carboxylic acids is 1. The second-order valence-electron chi connectivity index (χ2n) is 8.40. The third-order valence-corrected chi connectivity index (χ3v) is 6.21. The Kier molecular flexibility index (Phi) is 8.40. The molecule has 1 aromatic heterocycles. The van der Waals surface area contributed by atoms with Crippen LogP contribution in [0.25, 0.3) is 11.5 Å². The Balaban J connectivity index is 1.23. The molecule has 0 bridgehead atoms. The summed E-state index contributed by atoms with van der Waals surface area (Å²) in [6, 6.07) is 13.2. The molecule has 0 saturated carbocycles. The lowest BCUT2D eigenvalue weighted by Gasteiger charge is -2.15. The molecule has 0 fully saturated rings. The lowest BCUT2D eigenvalue weighted by molar-refractivity contribution is -0.135. The highest BCUT2D eigenvalue weighted by Gasteiger charge is 2.33. The molecule has 2 aromatic carbocycles. The number of hydrogen-bond donors (Lipinski definition) is 2. The van der Waals surface area contributed by atoms with Gasteiger partial charge in [-0.05, 0) is 81.8 Å². The van der Waals surface area contributed by atoms with Gasteiger partial charge >= 0.3 is 11.9 Å². The van der Waals surface area contributed by atoms with Gasteiger partial charge in [-0.2, -0.15) is 0 Å². The molecule has 0 spiro atoms. The van der Waals surface area contributed by atoms with E-state index in [4.69, 9.17) is 32.4 Å². The van der Waals surface area contributed by atoms with Crippen molar-refractivity contribution >= 4 is 40.8 Å². The first-order chi connectivity index (χ1) is 17.3. The third-order valence-electron chi connectivity index (χ3n) is 5.70. The molecule has 188 valence electrons. The van der Waals surface area contributed by atoms with Crippen molar-refractivity contribution in [1.82, 2.24) is 10.3 Å². The van der Waals surface area contributed by atoms with E-state index in [0.717, 1.165) is 12.8 Å². The maximum absolute atomic E-state index is 12.3. The van der Waals surface area contributed by atoms with Gasteiger partial charge in [-0.25, -0.2) is 14.8 Å². The predicted octanol–water partition coefficient (Wildman–Crippen LogP) is 5.29. The maximum atomic E-state index is 12.3. The fraction of sp³-hybridized carbons (Fsp3) is 0.308. The number of hydrogen-bond acceptors (Lipinski definition) is 8. The maximum Gasteiger partial charge on any atom is 0.339 e. The van der Waals surface area contributed by atoms with Crippen LogP contribution in [0.15, 0.2) is 62.9 Å². The Hall–Kier alpha value is -3.20. The highest BCUT2D eigenvalue weighted by molar-refractivity contribution is 6.31. The molecule has 3 aromatic rings. The molecule has 0 aliphatic carbocycles. The Labute approximate surface area is 219 Å². The van der Waals surface area contributed by atoms with E-state index in [1.807, 2.05) is 6.92 Å². The first-order valence-corrected chi connectivity index (χ1v) is 12.3. The highest BCUT2D eigenvalue weighted by Crippen LogP contribution is 2.27. The van der Waals surface area contributed by atoms with Gasteiger partial charge < -0.3 is 19.6 Å². The van der Waals surface area contributed by atoms with Gasteiger partial charge in [-0.1, -0.05) is 23.2 Å². The minimum atomic E-state index is -0.596. The summed E-state index contributed by atoms with van der Waals surface area (Å²) in [5.74, 6) is -0.0149. The molecule has 0 saturated heterocycles.